The number of likely N-dealkylation sites (tertiary alicyclic amines) is 1. The number of phenols is 1. The lowest BCUT2D eigenvalue weighted by Crippen LogP contribution is -2.60. The number of hydrogen-bond donors (Lipinski definition) is 1. The molecule has 1 aliphatic heterocycles. The summed E-state index contributed by atoms with van der Waals surface area (Å²) in [5.74, 6) is 1.14. The Hall–Kier alpha value is -1.22. The van der Waals surface area contributed by atoms with Crippen molar-refractivity contribution in [2.75, 3.05) is 6.54 Å². The summed E-state index contributed by atoms with van der Waals surface area (Å²) in [6.45, 7) is 5.32. The first-order chi connectivity index (χ1) is 11.4. The van der Waals surface area contributed by atoms with Crippen molar-refractivity contribution in [2.45, 2.75) is 63.8 Å². The molecule has 1 saturated heterocycles. The number of carbonyl (C=O) groups excluding carboxylic acids is 1. The van der Waals surface area contributed by atoms with Crippen LogP contribution in [-0.2, 0) is 16.6 Å². The highest BCUT2D eigenvalue weighted by atomic mass is 35.5. The second-order valence-electron chi connectivity index (χ2n) is 8.17. The van der Waals surface area contributed by atoms with Crippen LogP contribution in [0.3, 0.4) is 0 Å². The molecule has 3 atom stereocenters. The number of amides is 1. The number of fused-ring (bicyclic) bond motifs is 4. The molecule has 3 nitrogen and oxygen atoms in total. The van der Waals surface area contributed by atoms with Crippen LogP contribution >= 0.6 is 11.6 Å². The molecule has 2 aliphatic carbocycles. The minimum Gasteiger partial charge on any atom is -0.506 e. The molecule has 4 rings (SSSR count). The first kappa shape index (κ1) is 16.3. The molecule has 130 valence electrons. The van der Waals surface area contributed by atoms with Gasteiger partial charge in [-0.2, -0.15) is 0 Å². The Labute approximate surface area is 149 Å². The summed E-state index contributed by atoms with van der Waals surface area (Å²) in [6, 6.07) is 3.95. The largest absolute Gasteiger partial charge is 0.506 e. The van der Waals surface area contributed by atoms with Gasteiger partial charge in [0.25, 0.3) is 0 Å². The van der Waals surface area contributed by atoms with E-state index in [2.05, 4.69) is 18.7 Å². The second kappa shape index (κ2) is 5.66. The molecule has 24 heavy (non-hydrogen) atoms. The van der Waals surface area contributed by atoms with Crippen LogP contribution in [0.1, 0.15) is 57.1 Å². The zero-order chi connectivity index (χ0) is 17.1. The van der Waals surface area contributed by atoms with Crippen molar-refractivity contribution in [3.05, 3.63) is 28.3 Å². The van der Waals surface area contributed by atoms with Crippen LogP contribution in [0.2, 0.25) is 5.02 Å². The first-order valence-corrected chi connectivity index (χ1v) is 9.62. The molecule has 1 aromatic rings. The van der Waals surface area contributed by atoms with Crippen LogP contribution in [0.15, 0.2) is 12.1 Å². The van der Waals surface area contributed by atoms with Crippen LogP contribution in [0.25, 0.3) is 0 Å². The van der Waals surface area contributed by atoms with E-state index in [4.69, 9.17) is 11.6 Å². The van der Waals surface area contributed by atoms with Gasteiger partial charge in [-0.3, -0.25) is 4.79 Å². The van der Waals surface area contributed by atoms with Crippen LogP contribution in [0, 0.1) is 11.8 Å². The smallest absolute Gasteiger partial charge is 0.225 e. The summed E-state index contributed by atoms with van der Waals surface area (Å²) in [4.78, 5) is 15.2. The van der Waals surface area contributed by atoms with Crippen LogP contribution in [-0.4, -0.2) is 28.5 Å². The average molecular weight is 348 g/mol. The summed E-state index contributed by atoms with van der Waals surface area (Å²) >= 11 is 6.48. The van der Waals surface area contributed by atoms with Gasteiger partial charge in [-0.15, -0.1) is 0 Å². The topological polar surface area (TPSA) is 40.5 Å². The van der Waals surface area contributed by atoms with Gasteiger partial charge in [-0.1, -0.05) is 44.4 Å². The maximum absolute atomic E-state index is 13.0. The Morgan fingerprint density at radius 1 is 1.33 bits per heavy atom. The number of hydrogen-bond acceptors (Lipinski definition) is 2. The van der Waals surface area contributed by atoms with Gasteiger partial charge in [0.15, 0.2) is 0 Å². The Balaban J connectivity index is 1.72. The standard InChI is InChI=1S/C20H26ClNO2/c1-12-15-11-14-7-8-16(23)18(21)17(14)20(12,2)9-10-22(15)19(24)13-5-3-4-6-13/h7-8,12-13,15,23H,3-6,9-11H2,1-2H3/t12-,15+,20+/m0/s1. The number of nitrogens with zero attached hydrogens (tertiary/aromatic N) is 1. The molecule has 1 aromatic carbocycles. The van der Waals surface area contributed by atoms with Gasteiger partial charge < -0.3 is 10.0 Å². The van der Waals surface area contributed by atoms with Crippen molar-refractivity contribution in [3.63, 3.8) is 0 Å². The molecule has 2 bridgehead atoms. The maximum Gasteiger partial charge on any atom is 0.225 e. The van der Waals surface area contributed by atoms with Gasteiger partial charge in [0, 0.05) is 23.9 Å². The molecule has 1 N–H and O–H groups in total. The van der Waals surface area contributed by atoms with Crippen molar-refractivity contribution in [3.8, 4) is 5.75 Å². The molecule has 0 radical (unpaired) electrons. The minimum absolute atomic E-state index is 0.0689. The molecule has 4 heteroatoms. The van der Waals surface area contributed by atoms with Crippen molar-refractivity contribution in [2.24, 2.45) is 11.8 Å². The van der Waals surface area contributed by atoms with Crippen LogP contribution < -0.4 is 0 Å². The van der Waals surface area contributed by atoms with Crippen LogP contribution in [0.5, 0.6) is 5.75 Å². The van der Waals surface area contributed by atoms with Crippen molar-refractivity contribution in [1.82, 2.24) is 4.90 Å². The van der Waals surface area contributed by atoms with E-state index < -0.39 is 0 Å². The van der Waals surface area contributed by atoms with Gasteiger partial charge in [0.2, 0.25) is 5.91 Å². The zero-order valence-electron chi connectivity index (χ0n) is 14.5. The first-order valence-electron chi connectivity index (χ1n) is 9.25. The Kier molecular flexibility index (Phi) is 3.83. The van der Waals surface area contributed by atoms with E-state index in [0.29, 0.717) is 16.8 Å². The number of phenolic OH excluding ortho intramolecular Hbond substituents is 1. The Bertz CT molecular complexity index is 682. The summed E-state index contributed by atoms with van der Waals surface area (Å²) in [7, 11) is 0. The van der Waals surface area contributed by atoms with E-state index in [1.165, 1.54) is 18.4 Å². The average Bonchev–Trinajstić information content (AvgIpc) is 3.08. The quantitative estimate of drug-likeness (QED) is 0.823. The molecule has 1 saturated carbocycles. The third-order valence-corrected chi connectivity index (χ3v) is 7.43. The van der Waals surface area contributed by atoms with Gasteiger partial charge in [-0.25, -0.2) is 0 Å². The van der Waals surface area contributed by atoms with Gasteiger partial charge in [0.1, 0.15) is 5.75 Å². The fourth-order valence-corrected chi connectivity index (χ4v) is 5.78. The molecule has 2 fully saturated rings. The van der Waals surface area contributed by atoms with Crippen molar-refractivity contribution >= 4 is 17.5 Å². The SMILES string of the molecule is C[C@H]1[C@H]2Cc3ccc(O)c(Cl)c3[C@]1(C)CCN2C(=O)C1CCCC1. The molecule has 0 unspecified atom stereocenters. The zero-order valence-corrected chi connectivity index (χ0v) is 15.3. The number of piperidine rings is 1. The molecule has 1 heterocycles. The second-order valence-corrected chi connectivity index (χ2v) is 8.55. The van der Waals surface area contributed by atoms with Crippen molar-refractivity contribution in [1.29, 1.82) is 0 Å². The van der Waals surface area contributed by atoms with E-state index in [1.54, 1.807) is 6.07 Å². The van der Waals surface area contributed by atoms with E-state index in [9.17, 15) is 9.90 Å². The highest BCUT2D eigenvalue weighted by molar-refractivity contribution is 6.33. The highest BCUT2D eigenvalue weighted by Crippen LogP contribution is 2.52. The predicted molar refractivity (Wildman–Crippen MR) is 95.4 cm³/mol. The number of benzene rings is 1. The molecule has 0 aromatic heterocycles. The summed E-state index contributed by atoms with van der Waals surface area (Å²) in [5.41, 5.74) is 2.24. The number of rotatable bonds is 1. The Morgan fingerprint density at radius 2 is 2.04 bits per heavy atom. The van der Waals surface area contributed by atoms with Crippen LogP contribution in [0.4, 0.5) is 0 Å². The van der Waals surface area contributed by atoms with E-state index in [1.807, 2.05) is 6.07 Å². The lowest BCUT2D eigenvalue weighted by Gasteiger charge is -2.55. The number of halogens is 1. The monoisotopic (exact) mass is 347 g/mol. The summed E-state index contributed by atoms with van der Waals surface area (Å²) < 4.78 is 0. The fraction of sp³-hybridized carbons (Fsp3) is 0.650. The molecule has 1 amide bonds. The van der Waals surface area contributed by atoms with E-state index >= 15 is 0 Å². The van der Waals surface area contributed by atoms with E-state index in [-0.39, 0.29) is 23.1 Å². The fourth-order valence-electron chi connectivity index (χ4n) is 5.38. The van der Waals surface area contributed by atoms with E-state index in [0.717, 1.165) is 37.8 Å². The Morgan fingerprint density at radius 3 is 2.75 bits per heavy atom. The molecule has 0 spiro atoms. The third-order valence-electron chi connectivity index (χ3n) is 7.05. The van der Waals surface area contributed by atoms with Crippen molar-refractivity contribution < 1.29 is 9.90 Å². The minimum atomic E-state index is -0.0689. The highest BCUT2D eigenvalue weighted by Gasteiger charge is 2.51. The van der Waals surface area contributed by atoms with Gasteiger partial charge in [0.05, 0.1) is 5.02 Å². The summed E-state index contributed by atoms with van der Waals surface area (Å²) in [6.07, 6.45) is 6.28. The van der Waals surface area contributed by atoms with Gasteiger partial charge >= 0.3 is 0 Å². The molecular weight excluding hydrogens is 322 g/mol. The summed E-state index contributed by atoms with van der Waals surface area (Å²) in [5, 5.41) is 10.6. The maximum atomic E-state index is 13.0. The number of aromatic hydroxyl groups is 1. The third kappa shape index (κ3) is 2.20. The number of carbonyl (C=O) groups is 1. The van der Waals surface area contributed by atoms with Gasteiger partial charge in [-0.05, 0) is 48.8 Å². The molecule has 3 aliphatic rings. The lowest BCUT2D eigenvalue weighted by atomic mass is 9.59. The molecular formula is C20H26ClNO2. The lowest BCUT2D eigenvalue weighted by molar-refractivity contribution is -0.143. The predicted octanol–water partition coefficient (Wildman–Crippen LogP) is 4.29. The normalized spacial score (nSPS) is 32.7.